The predicted octanol–water partition coefficient (Wildman–Crippen LogP) is 7.42. The van der Waals surface area contributed by atoms with Gasteiger partial charge in [0.1, 0.15) is 0 Å². The van der Waals surface area contributed by atoms with E-state index >= 15 is 0 Å². The zero-order valence-corrected chi connectivity index (χ0v) is 17.0. The second kappa shape index (κ2) is 11.4. The molecule has 0 aromatic heterocycles. The summed E-state index contributed by atoms with van der Waals surface area (Å²) in [5.74, 6) is 0.0801. The van der Waals surface area contributed by atoms with Crippen LogP contribution in [-0.2, 0) is 0 Å². The summed E-state index contributed by atoms with van der Waals surface area (Å²) in [6.45, 7) is 11.1. The lowest BCUT2D eigenvalue weighted by Gasteiger charge is -2.11. The van der Waals surface area contributed by atoms with Gasteiger partial charge in [-0.2, -0.15) is 0 Å². The maximum atomic E-state index is 14.0. The fourth-order valence-electron chi connectivity index (χ4n) is 1.90. The SMILES string of the molecule is C/C(CC/C=C\C[Si](C)(C)C)=C(/F)CC/C=C(\C)CCBr. The van der Waals surface area contributed by atoms with Crippen LogP contribution in [0, 0.1) is 0 Å². The highest BCUT2D eigenvalue weighted by atomic mass is 79.9. The highest BCUT2D eigenvalue weighted by Gasteiger charge is 2.09. The Morgan fingerprint density at radius 3 is 2.24 bits per heavy atom. The van der Waals surface area contributed by atoms with Gasteiger partial charge in [-0.25, -0.2) is 4.39 Å². The second-order valence-electron chi connectivity index (χ2n) is 6.99. The lowest BCUT2D eigenvalue weighted by molar-refractivity contribution is 0.572. The summed E-state index contributed by atoms with van der Waals surface area (Å²) in [6, 6.07) is 1.22. The molecule has 0 saturated heterocycles. The van der Waals surface area contributed by atoms with Crippen LogP contribution >= 0.6 is 15.9 Å². The van der Waals surface area contributed by atoms with Crippen molar-refractivity contribution < 1.29 is 4.39 Å². The van der Waals surface area contributed by atoms with Crippen molar-refractivity contribution in [3.63, 3.8) is 0 Å². The van der Waals surface area contributed by atoms with Crippen molar-refractivity contribution in [2.24, 2.45) is 0 Å². The molecule has 0 radical (unpaired) electrons. The summed E-state index contributed by atoms with van der Waals surface area (Å²) in [5.41, 5.74) is 2.26. The zero-order chi connectivity index (χ0) is 16.3. The molecule has 0 N–H and O–H groups in total. The molecule has 0 rings (SSSR count). The van der Waals surface area contributed by atoms with Gasteiger partial charge >= 0.3 is 0 Å². The Bertz CT molecular complexity index is 375. The number of halogens is 2. The molecule has 0 spiro atoms. The van der Waals surface area contributed by atoms with E-state index in [2.05, 4.69) is 60.7 Å². The lowest BCUT2D eigenvalue weighted by atomic mass is 10.1. The monoisotopic (exact) mass is 374 g/mol. The molecule has 0 aliphatic rings. The minimum Gasteiger partial charge on any atom is -0.212 e. The largest absolute Gasteiger partial charge is 0.212 e. The molecule has 122 valence electrons. The summed E-state index contributed by atoms with van der Waals surface area (Å²) in [7, 11) is -0.974. The van der Waals surface area contributed by atoms with E-state index in [1.165, 1.54) is 11.6 Å². The Morgan fingerprint density at radius 1 is 1.00 bits per heavy atom. The van der Waals surface area contributed by atoms with Crippen LogP contribution in [0.3, 0.4) is 0 Å². The topological polar surface area (TPSA) is 0 Å². The third-order valence-electron chi connectivity index (χ3n) is 3.39. The maximum Gasteiger partial charge on any atom is 0.0991 e. The summed E-state index contributed by atoms with van der Waals surface area (Å²) in [4.78, 5) is 0. The van der Waals surface area contributed by atoms with Crippen molar-refractivity contribution in [2.45, 2.75) is 71.6 Å². The molecule has 0 saturated carbocycles. The third-order valence-corrected chi connectivity index (χ3v) is 5.25. The van der Waals surface area contributed by atoms with Crippen LogP contribution in [0.2, 0.25) is 25.7 Å². The Balaban J connectivity index is 4.06. The normalized spacial score (nSPS) is 14.7. The molecule has 0 aliphatic heterocycles. The van der Waals surface area contributed by atoms with E-state index in [4.69, 9.17) is 0 Å². The average molecular weight is 375 g/mol. The van der Waals surface area contributed by atoms with Gasteiger partial charge in [0.15, 0.2) is 0 Å². The van der Waals surface area contributed by atoms with Gasteiger partial charge < -0.3 is 0 Å². The Morgan fingerprint density at radius 2 is 1.67 bits per heavy atom. The highest BCUT2D eigenvalue weighted by Crippen LogP contribution is 2.19. The predicted molar refractivity (Wildman–Crippen MR) is 102 cm³/mol. The summed E-state index contributed by atoms with van der Waals surface area (Å²) in [5, 5.41) is 0.983. The molecule has 0 aromatic rings. The summed E-state index contributed by atoms with van der Waals surface area (Å²) < 4.78 is 14.0. The van der Waals surface area contributed by atoms with E-state index in [-0.39, 0.29) is 5.83 Å². The third kappa shape index (κ3) is 13.2. The summed E-state index contributed by atoms with van der Waals surface area (Å²) >= 11 is 3.42. The van der Waals surface area contributed by atoms with Crippen molar-refractivity contribution in [3.8, 4) is 0 Å². The Kier molecular flexibility index (Phi) is 11.3. The molecule has 0 bridgehead atoms. The van der Waals surface area contributed by atoms with E-state index in [9.17, 15) is 4.39 Å². The molecular weight excluding hydrogens is 343 g/mol. The van der Waals surface area contributed by atoms with Crippen molar-refractivity contribution in [2.75, 3.05) is 5.33 Å². The quantitative estimate of drug-likeness (QED) is 0.212. The molecule has 21 heavy (non-hydrogen) atoms. The van der Waals surface area contributed by atoms with E-state index in [0.717, 1.165) is 36.6 Å². The van der Waals surface area contributed by atoms with Gasteiger partial charge in [-0.1, -0.05) is 59.4 Å². The Labute approximate surface area is 140 Å². The van der Waals surface area contributed by atoms with E-state index in [0.29, 0.717) is 6.42 Å². The van der Waals surface area contributed by atoms with Crippen LogP contribution < -0.4 is 0 Å². The first-order valence-electron chi connectivity index (χ1n) is 7.97. The van der Waals surface area contributed by atoms with Crippen molar-refractivity contribution in [3.05, 3.63) is 35.2 Å². The molecule has 0 heterocycles. The average Bonchev–Trinajstić information content (AvgIpc) is 2.36. The van der Waals surface area contributed by atoms with Crippen molar-refractivity contribution in [1.29, 1.82) is 0 Å². The fourth-order valence-corrected chi connectivity index (χ4v) is 3.40. The van der Waals surface area contributed by atoms with Gasteiger partial charge in [0.25, 0.3) is 0 Å². The number of alkyl halides is 1. The minimum absolute atomic E-state index is 0.0801. The molecule has 0 amide bonds. The lowest BCUT2D eigenvalue weighted by Crippen LogP contribution is -2.17. The zero-order valence-electron chi connectivity index (χ0n) is 14.4. The maximum absolute atomic E-state index is 14.0. The number of rotatable bonds is 10. The van der Waals surface area contributed by atoms with E-state index in [1.807, 2.05) is 6.92 Å². The van der Waals surface area contributed by atoms with Crippen LogP contribution in [0.15, 0.2) is 35.2 Å². The van der Waals surface area contributed by atoms with E-state index < -0.39 is 8.07 Å². The molecular formula is C18H32BrFSi. The van der Waals surface area contributed by atoms with Crippen molar-refractivity contribution >= 4 is 24.0 Å². The van der Waals surface area contributed by atoms with Gasteiger partial charge in [0.05, 0.1) is 5.83 Å². The molecule has 0 aromatic carbocycles. The number of hydrogen-bond acceptors (Lipinski definition) is 0. The molecule has 0 aliphatic carbocycles. The molecule has 0 nitrogen and oxygen atoms in total. The molecule has 0 unspecified atom stereocenters. The minimum atomic E-state index is -0.974. The van der Waals surface area contributed by atoms with Gasteiger partial charge in [-0.3, -0.25) is 0 Å². The number of allylic oxidation sites excluding steroid dienone is 6. The van der Waals surface area contributed by atoms with Crippen LogP contribution in [0.4, 0.5) is 4.39 Å². The van der Waals surface area contributed by atoms with Crippen molar-refractivity contribution in [1.82, 2.24) is 0 Å². The first-order chi connectivity index (χ1) is 9.76. The fraction of sp³-hybridized carbons (Fsp3) is 0.667. The molecule has 3 heteroatoms. The standard InChI is InChI=1S/C18H32BrFSi/c1-16(13-14-19)10-9-12-18(20)17(2)11-7-6-8-15-21(3,4)5/h6,8,10H,7,9,11-15H2,1-5H3/b8-6-,16-10+,18-17-. The second-order valence-corrected chi connectivity index (χ2v) is 13.3. The van der Waals surface area contributed by atoms with Gasteiger partial charge in [-0.15, -0.1) is 0 Å². The van der Waals surface area contributed by atoms with Gasteiger partial charge in [-0.05, 0) is 51.1 Å². The van der Waals surface area contributed by atoms with Crippen LogP contribution in [0.1, 0.15) is 46.0 Å². The van der Waals surface area contributed by atoms with Gasteiger partial charge in [0.2, 0.25) is 0 Å². The molecule has 0 fully saturated rings. The molecule has 0 atom stereocenters. The summed E-state index contributed by atoms with van der Waals surface area (Å²) in [6.07, 6.45) is 10.9. The number of hydrogen-bond donors (Lipinski definition) is 0. The van der Waals surface area contributed by atoms with Gasteiger partial charge in [0, 0.05) is 19.8 Å². The van der Waals surface area contributed by atoms with E-state index in [1.54, 1.807) is 0 Å². The highest BCUT2D eigenvalue weighted by molar-refractivity contribution is 9.09. The smallest absolute Gasteiger partial charge is 0.0991 e. The first-order valence-corrected chi connectivity index (χ1v) is 12.8. The van der Waals surface area contributed by atoms with Crippen LogP contribution in [0.5, 0.6) is 0 Å². The van der Waals surface area contributed by atoms with Crippen LogP contribution in [0.25, 0.3) is 0 Å². The van der Waals surface area contributed by atoms with Crippen LogP contribution in [-0.4, -0.2) is 13.4 Å². The Hall–Kier alpha value is -0.153. The first kappa shape index (κ1) is 20.8.